The van der Waals surface area contributed by atoms with E-state index in [1.165, 1.54) is 5.56 Å². The van der Waals surface area contributed by atoms with Crippen LogP contribution in [0.1, 0.15) is 11.1 Å². The van der Waals surface area contributed by atoms with Gasteiger partial charge in [-0.3, -0.25) is 4.79 Å². The summed E-state index contributed by atoms with van der Waals surface area (Å²) in [6.45, 7) is 3.01. The van der Waals surface area contributed by atoms with Crippen molar-refractivity contribution < 1.29 is 14.3 Å². The van der Waals surface area contributed by atoms with Crippen molar-refractivity contribution in [3.63, 3.8) is 0 Å². The van der Waals surface area contributed by atoms with Gasteiger partial charge in [-0.2, -0.15) is 0 Å². The van der Waals surface area contributed by atoms with Crippen LogP contribution in [0.3, 0.4) is 0 Å². The van der Waals surface area contributed by atoms with E-state index in [2.05, 4.69) is 5.32 Å². The number of hydrogen-bond donors (Lipinski definition) is 1. The summed E-state index contributed by atoms with van der Waals surface area (Å²) in [5.74, 6) is 1.08. The molecule has 3 rings (SSSR count). The Kier molecular flexibility index (Phi) is 4.20. The molecule has 0 unspecified atom stereocenters. The zero-order valence-electron chi connectivity index (χ0n) is 12.2. The molecule has 4 nitrogen and oxygen atoms in total. The number of fused-ring (bicyclic) bond motifs is 1. The summed E-state index contributed by atoms with van der Waals surface area (Å²) >= 11 is 6.18. The Morgan fingerprint density at radius 2 is 1.77 bits per heavy atom. The highest BCUT2D eigenvalue weighted by Crippen LogP contribution is 2.37. The van der Waals surface area contributed by atoms with Crippen LogP contribution in [-0.2, 0) is 11.2 Å². The number of amides is 1. The highest BCUT2D eigenvalue weighted by atomic mass is 35.5. The van der Waals surface area contributed by atoms with Crippen LogP contribution < -0.4 is 14.8 Å². The second-order valence-corrected chi connectivity index (χ2v) is 5.59. The second kappa shape index (κ2) is 6.28. The molecular formula is C17H16ClNO3. The number of benzene rings is 2. The zero-order valence-corrected chi connectivity index (χ0v) is 12.9. The quantitative estimate of drug-likeness (QED) is 0.941. The molecule has 5 heteroatoms. The number of rotatable bonds is 3. The molecular weight excluding hydrogens is 302 g/mol. The third kappa shape index (κ3) is 3.34. The molecule has 114 valence electrons. The summed E-state index contributed by atoms with van der Waals surface area (Å²) in [5, 5.41) is 3.25. The predicted octanol–water partition coefficient (Wildman–Crippen LogP) is 3.60. The van der Waals surface area contributed by atoms with Crippen LogP contribution in [0.4, 0.5) is 5.69 Å². The van der Waals surface area contributed by atoms with Gasteiger partial charge >= 0.3 is 0 Å². The molecule has 1 aliphatic rings. The number of nitrogens with one attached hydrogen (secondary N) is 1. The molecule has 2 aromatic rings. The highest BCUT2D eigenvalue weighted by Gasteiger charge is 2.16. The van der Waals surface area contributed by atoms with Crippen LogP contribution >= 0.6 is 11.6 Å². The van der Waals surface area contributed by atoms with Gasteiger partial charge in [-0.15, -0.1) is 0 Å². The monoisotopic (exact) mass is 317 g/mol. The first-order valence-electron chi connectivity index (χ1n) is 7.06. The Morgan fingerprint density at radius 1 is 1.14 bits per heavy atom. The first-order valence-corrected chi connectivity index (χ1v) is 7.44. The average molecular weight is 318 g/mol. The van der Waals surface area contributed by atoms with Crippen molar-refractivity contribution in [3.05, 3.63) is 52.5 Å². The van der Waals surface area contributed by atoms with E-state index in [1.54, 1.807) is 12.1 Å². The van der Waals surface area contributed by atoms with Crippen molar-refractivity contribution in [3.8, 4) is 11.5 Å². The van der Waals surface area contributed by atoms with Gasteiger partial charge in [0, 0.05) is 12.1 Å². The third-order valence-corrected chi connectivity index (χ3v) is 3.70. The molecule has 1 amide bonds. The Hall–Kier alpha value is -2.20. The van der Waals surface area contributed by atoms with Crippen molar-refractivity contribution >= 4 is 23.2 Å². The summed E-state index contributed by atoms with van der Waals surface area (Å²) < 4.78 is 10.9. The molecule has 1 N–H and O–H groups in total. The van der Waals surface area contributed by atoms with E-state index in [4.69, 9.17) is 21.1 Å². The summed E-state index contributed by atoms with van der Waals surface area (Å²) in [4.78, 5) is 12.1. The SMILES string of the molecule is Cc1ccc(CC(=O)Nc2cc3c(cc2Cl)OCCO3)cc1. The summed E-state index contributed by atoms with van der Waals surface area (Å²) in [6, 6.07) is 11.2. The molecule has 22 heavy (non-hydrogen) atoms. The topological polar surface area (TPSA) is 47.6 Å². The van der Waals surface area contributed by atoms with Gasteiger partial charge in [0.25, 0.3) is 0 Å². The molecule has 0 atom stereocenters. The Labute approximate surface area is 134 Å². The van der Waals surface area contributed by atoms with Gasteiger partial charge < -0.3 is 14.8 Å². The van der Waals surface area contributed by atoms with Crippen LogP contribution in [-0.4, -0.2) is 19.1 Å². The van der Waals surface area contributed by atoms with Gasteiger partial charge in [0.2, 0.25) is 5.91 Å². The molecule has 0 fully saturated rings. The standard InChI is InChI=1S/C17H16ClNO3/c1-11-2-4-12(5-3-11)8-17(20)19-14-10-16-15(9-13(14)18)21-6-7-22-16/h2-5,9-10H,6-8H2,1H3,(H,19,20). The van der Waals surface area contributed by atoms with E-state index in [-0.39, 0.29) is 5.91 Å². The molecule has 0 spiro atoms. The summed E-state index contributed by atoms with van der Waals surface area (Å²) in [6.07, 6.45) is 0.297. The average Bonchev–Trinajstić information content (AvgIpc) is 2.50. The number of anilines is 1. The van der Waals surface area contributed by atoms with Crippen molar-refractivity contribution in [1.29, 1.82) is 0 Å². The van der Waals surface area contributed by atoms with Gasteiger partial charge in [-0.1, -0.05) is 41.4 Å². The lowest BCUT2D eigenvalue weighted by Gasteiger charge is -2.20. The lowest BCUT2D eigenvalue weighted by atomic mass is 10.1. The van der Waals surface area contributed by atoms with Gasteiger partial charge in [0.1, 0.15) is 13.2 Å². The minimum Gasteiger partial charge on any atom is -0.486 e. The molecule has 0 saturated carbocycles. The number of halogens is 1. The highest BCUT2D eigenvalue weighted by molar-refractivity contribution is 6.34. The zero-order chi connectivity index (χ0) is 15.5. The number of carbonyl (C=O) groups excluding carboxylic acids is 1. The minimum atomic E-state index is -0.123. The van der Waals surface area contributed by atoms with E-state index >= 15 is 0 Å². The summed E-state index contributed by atoms with van der Waals surface area (Å²) in [7, 11) is 0. The normalized spacial score (nSPS) is 12.8. The van der Waals surface area contributed by atoms with Crippen molar-refractivity contribution in [1.82, 2.24) is 0 Å². The van der Waals surface area contributed by atoms with Crippen molar-refractivity contribution in [2.24, 2.45) is 0 Å². The number of aryl methyl sites for hydroxylation is 1. The molecule has 1 heterocycles. The van der Waals surface area contributed by atoms with Gasteiger partial charge in [-0.05, 0) is 12.5 Å². The van der Waals surface area contributed by atoms with Crippen LogP contribution in [0.15, 0.2) is 36.4 Å². The first-order chi connectivity index (χ1) is 10.6. The van der Waals surface area contributed by atoms with E-state index in [9.17, 15) is 4.79 Å². The van der Waals surface area contributed by atoms with Crippen LogP contribution in [0, 0.1) is 6.92 Å². The Bertz CT molecular complexity index is 698. The molecule has 1 aliphatic heterocycles. The largest absolute Gasteiger partial charge is 0.486 e. The van der Waals surface area contributed by atoms with Crippen LogP contribution in [0.25, 0.3) is 0 Å². The van der Waals surface area contributed by atoms with E-state index in [0.717, 1.165) is 5.56 Å². The summed E-state index contributed by atoms with van der Waals surface area (Å²) in [5.41, 5.74) is 2.65. The van der Waals surface area contributed by atoms with Crippen molar-refractivity contribution in [2.45, 2.75) is 13.3 Å². The lowest BCUT2D eigenvalue weighted by molar-refractivity contribution is -0.115. The Balaban J connectivity index is 1.72. The maximum absolute atomic E-state index is 12.1. The minimum absolute atomic E-state index is 0.123. The molecule has 0 radical (unpaired) electrons. The van der Waals surface area contributed by atoms with Crippen LogP contribution in [0.5, 0.6) is 11.5 Å². The fraction of sp³-hybridized carbons (Fsp3) is 0.235. The second-order valence-electron chi connectivity index (χ2n) is 5.19. The molecule has 2 aromatic carbocycles. The fourth-order valence-electron chi connectivity index (χ4n) is 2.25. The van der Waals surface area contributed by atoms with Gasteiger partial charge in [0.15, 0.2) is 11.5 Å². The molecule has 0 saturated heterocycles. The fourth-order valence-corrected chi connectivity index (χ4v) is 2.45. The van der Waals surface area contributed by atoms with Gasteiger partial charge in [-0.25, -0.2) is 0 Å². The number of ether oxygens (including phenoxy) is 2. The van der Waals surface area contributed by atoms with Crippen molar-refractivity contribution in [2.75, 3.05) is 18.5 Å². The molecule has 0 aliphatic carbocycles. The van der Waals surface area contributed by atoms with E-state index in [1.807, 2.05) is 31.2 Å². The Morgan fingerprint density at radius 3 is 2.45 bits per heavy atom. The van der Waals surface area contributed by atoms with Crippen LogP contribution in [0.2, 0.25) is 5.02 Å². The molecule has 0 bridgehead atoms. The van der Waals surface area contributed by atoms with E-state index in [0.29, 0.717) is 41.8 Å². The smallest absolute Gasteiger partial charge is 0.228 e. The third-order valence-electron chi connectivity index (χ3n) is 3.39. The first kappa shape index (κ1) is 14.7. The maximum Gasteiger partial charge on any atom is 0.228 e. The number of carbonyl (C=O) groups is 1. The van der Waals surface area contributed by atoms with Gasteiger partial charge in [0.05, 0.1) is 17.1 Å². The maximum atomic E-state index is 12.1. The van der Waals surface area contributed by atoms with E-state index < -0.39 is 0 Å². The predicted molar refractivity (Wildman–Crippen MR) is 86.0 cm³/mol. The number of hydrogen-bond acceptors (Lipinski definition) is 3. The lowest BCUT2D eigenvalue weighted by Crippen LogP contribution is -2.17. The molecule has 0 aromatic heterocycles.